The summed E-state index contributed by atoms with van der Waals surface area (Å²) in [6.07, 6.45) is 2.60. The Kier molecular flexibility index (Phi) is 3.57. The van der Waals surface area contributed by atoms with Gasteiger partial charge in [0.2, 0.25) is 0 Å². The third kappa shape index (κ3) is 2.26. The Morgan fingerprint density at radius 3 is 2.95 bits per heavy atom. The topological polar surface area (TPSA) is 64.4 Å². The molecule has 0 amide bonds. The number of nitrogens with zero attached hydrogens (tertiary/aromatic N) is 2. The number of hydrogen-bond acceptors (Lipinski definition) is 3. The van der Waals surface area contributed by atoms with Gasteiger partial charge < -0.3 is 14.4 Å². The van der Waals surface area contributed by atoms with Crippen molar-refractivity contribution < 1.29 is 14.6 Å². The zero-order valence-electron chi connectivity index (χ0n) is 12.4. The fraction of sp³-hybridized carbons (Fsp3) is 0.500. The molecular weight excluding hydrogens is 268 g/mol. The molecule has 5 nitrogen and oxygen atoms in total. The average Bonchev–Trinajstić information content (AvgIpc) is 3.09. The van der Waals surface area contributed by atoms with E-state index in [1.165, 1.54) is 0 Å². The molecule has 0 bridgehead atoms. The van der Waals surface area contributed by atoms with Crippen molar-refractivity contribution in [1.29, 1.82) is 0 Å². The van der Waals surface area contributed by atoms with Gasteiger partial charge in [-0.15, -0.1) is 0 Å². The first-order valence-corrected chi connectivity index (χ1v) is 7.42. The third-order valence-corrected chi connectivity index (χ3v) is 4.47. The molecule has 1 N–H and O–H groups in total. The van der Waals surface area contributed by atoms with Crippen LogP contribution in [0, 0.1) is 5.92 Å². The number of carboxylic acids is 1. The molecule has 2 unspecified atom stereocenters. The minimum absolute atomic E-state index is 0.0147. The quantitative estimate of drug-likeness (QED) is 0.939. The molecule has 3 rings (SSSR count). The predicted molar refractivity (Wildman–Crippen MR) is 79.7 cm³/mol. The number of hydrogen-bond donors (Lipinski definition) is 1. The van der Waals surface area contributed by atoms with Crippen molar-refractivity contribution in [3.63, 3.8) is 0 Å². The Bertz CT molecular complexity index is 677. The monoisotopic (exact) mass is 288 g/mol. The lowest BCUT2D eigenvalue weighted by atomic mass is 9.95. The number of methoxy groups -OCH3 is 1. The Labute approximate surface area is 123 Å². The van der Waals surface area contributed by atoms with Gasteiger partial charge in [0, 0.05) is 18.5 Å². The van der Waals surface area contributed by atoms with Gasteiger partial charge in [-0.3, -0.25) is 4.79 Å². The van der Waals surface area contributed by atoms with Crippen LogP contribution in [0.5, 0.6) is 5.75 Å². The number of benzene rings is 1. The zero-order chi connectivity index (χ0) is 15.0. The number of imidazole rings is 1. The lowest BCUT2D eigenvalue weighted by molar-refractivity contribution is -0.142. The summed E-state index contributed by atoms with van der Waals surface area (Å²) in [6.45, 7) is 2.86. The smallest absolute Gasteiger partial charge is 0.307 e. The molecule has 1 aliphatic carbocycles. The SMILES string of the molecule is CCn1c(C2CCCC2C(=O)O)nc2cc(OC)ccc21. The van der Waals surface area contributed by atoms with Gasteiger partial charge >= 0.3 is 5.97 Å². The second kappa shape index (κ2) is 5.39. The maximum Gasteiger partial charge on any atom is 0.307 e. The number of fused-ring (bicyclic) bond motifs is 1. The van der Waals surface area contributed by atoms with Crippen LogP contribution in [0.2, 0.25) is 0 Å². The molecule has 2 atom stereocenters. The summed E-state index contributed by atoms with van der Waals surface area (Å²) < 4.78 is 7.39. The van der Waals surface area contributed by atoms with Crippen molar-refractivity contribution in [3.8, 4) is 5.75 Å². The largest absolute Gasteiger partial charge is 0.497 e. The number of aliphatic carboxylic acids is 1. The standard InChI is InChI=1S/C16H20N2O3/c1-3-18-14-8-7-10(21-2)9-13(14)17-15(18)11-5-4-6-12(11)16(19)20/h7-9,11-12H,3-6H2,1-2H3,(H,19,20). The summed E-state index contributed by atoms with van der Waals surface area (Å²) in [6, 6.07) is 5.83. The molecule has 0 radical (unpaired) electrons. The van der Waals surface area contributed by atoms with E-state index >= 15 is 0 Å². The first kappa shape index (κ1) is 13.9. The molecule has 1 aliphatic rings. The van der Waals surface area contributed by atoms with Crippen molar-refractivity contribution in [2.75, 3.05) is 7.11 Å². The average molecular weight is 288 g/mol. The van der Waals surface area contributed by atoms with Crippen molar-refractivity contribution in [3.05, 3.63) is 24.0 Å². The van der Waals surface area contributed by atoms with Crippen LogP contribution in [0.15, 0.2) is 18.2 Å². The molecular formula is C16H20N2O3. The van der Waals surface area contributed by atoms with Crippen molar-refractivity contribution >= 4 is 17.0 Å². The predicted octanol–water partition coefficient (Wildman–Crippen LogP) is 3.03. The summed E-state index contributed by atoms with van der Waals surface area (Å²) in [4.78, 5) is 16.2. The van der Waals surface area contributed by atoms with E-state index in [-0.39, 0.29) is 11.8 Å². The summed E-state index contributed by atoms with van der Waals surface area (Å²) in [5.74, 6) is 0.682. The number of ether oxygens (including phenoxy) is 1. The number of aryl methyl sites for hydroxylation is 1. The number of aromatic nitrogens is 2. The summed E-state index contributed by atoms with van der Waals surface area (Å²) in [7, 11) is 1.64. The maximum absolute atomic E-state index is 11.4. The second-order valence-corrected chi connectivity index (χ2v) is 5.55. The van der Waals surface area contributed by atoms with E-state index < -0.39 is 5.97 Å². The normalized spacial score (nSPS) is 21.8. The van der Waals surface area contributed by atoms with Gasteiger partial charge in [-0.1, -0.05) is 6.42 Å². The van der Waals surface area contributed by atoms with Gasteiger partial charge in [0.1, 0.15) is 11.6 Å². The molecule has 0 saturated heterocycles. The van der Waals surface area contributed by atoms with Gasteiger partial charge in [-0.25, -0.2) is 4.98 Å². The fourth-order valence-electron chi connectivity index (χ4n) is 3.44. The van der Waals surface area contributed by atoms with E-state index in [1.807, 2.05) is 18.2 Å². The molecule has 1 saturated carbocycles. The van der Waals surface area contributed by atoms with E-state index in [0.717, 1.165) is 48.4 Å². The van der Waals surface area contributed by atoms with Gasteiger partial charge in [0.15, 0.2) is 0 Å². The summed E-state index contributed by atoms with van der Waals surface area (Å²) >= 11 is 0. The Morgan fingerprint density at radius 2 is 2.29 bits per heavy atom. The second-order valence-electron chi connectivity index (χ2n) is 5.55. The van der Waals surface area contributed by atoms with E-state index in [9.17, 15) is 9.90 Å². The minimum Gasteiger partial charge on any atom is -0.497 e. The maximum atomic E-state index is 11.4. The van der Waals surface area contributed by atoms with Crippen LogP contribution >= 0.6 is 0 Å². The van der Waals surface area contributed by atoms with Gasteiger partial charge in [0.25, 0.3) is 0 Å². The van der Waals surface area contributed by atoms with E-state index in [1.54, 1.807) is 7.11 Å². The highest BCUT2D eigenvalue weighted by Crippen LogP contribution is 2.40. The highest BCUT2D eigenvalue weighted by atomic mass is 16.5. The highest BCUT2D eigenvalue weighted by molar-refractivity contribution is 5.78. The molecule has 1 aromatic carbocycles. The number of carboxylic acid groups (broad SMARTS) is 1. The number of carbonyl (C=O) groups is 1. The molecule has 1 aromatic heterocycles. The highest BCUT2D eigenvalue weighted by Gasteiger charge is 2.37. The van der Waals surface area contributed by atoms with Gasteiger partial charge in [-0.05, 0) is 31.9 Å². The van der Waals surface area contributed by atoms with Crippen molar-refractivity contribution in [2.45, 2.75) is 38.6 Å². The van der Waals surface area contributed by atoms with E-state index in [0.29, 0.717) is 0 Å². The van der Waals surface area contributed by atoms with E-state index in [2.05, 4.69) is 11.5 Å². The van der Waals surface area contributed by atoms with Crippen LogP contribution in [0.3, 0.4) is 0 Å². The van der Waals surface area contributed by atoms with Gasteiger partial charge in [-0.2, -0.15) is 0 Å². The Balaban J connectivity index is 2.11. The lowest BCUT2D eigenvalue weighted by Crippen LogP contribution is -2.20. The lowest BCUT2D eigenvalue weighted by Gasteiger charge is -2.16. The first-order chi connectivity index (χ1) is 10.2. The Morgan fingerprint density at radius 1 is 1.48 bits per heavy atom. The zero-order valence-corrected chi connectivity index (χ0v) is 12.4. The molecule has 0 aliphatic heterocycles. The van der Waals surface area contributed by atoms with Gasteiger partial charge in [0.05, 0.1) is 24.1 Å². The van der Waals surface area contributed by atoms with E-state index in [4.69, 9.17) is 9.72 Å². The molecule has 21 heavy (non-hydrogen) atoms. The summed E-state index contributed by atoms with van der Waals surface area (Å²) in [5, 5.41) is 9.41. The minimum atomic E-state index is -0.704. The van der Waals surface area contributed by atoms with Crippen LogP contribution in [0.25, 0.3) is 11.0 Å². The van der Waals surface area contributed by atoms with Crippen LogP contribution in [0.4, 0.5) is 0 Å². The molecule has 1 heterocycles. The van der Waals surface area contributed by atoms with Crippen LogP contribution in [-0.4, -0.2) is 27.7 Å². The first-order valence-electron chi connectivity index (χ1n) is 7.42. The molecule has 5 heteroatoms. The molecule has 0 spiro atoms. The molecule has 2 aromatic rings. The molecule has 1 fully saturated rings. The third-order valence-electron chi connectivity index (χ3n) is 4.47. The fourth-order valence-corrected chi connectivity index (χ4v) is 3.44. The van der Waals surface area contributed by atoms with Crippen LogP contribution in [0.1, 0.15) is 37.9 Å². The van der Waals surface area contributed by atoms with Crippen LogP contribution < -0.4 is 4.74 Å². The van der Waals surface area contributed by atoms with Crippen LogP contribution in [-0.2, 0) is 11.3 Å². The van der Waals surface area contributed by atoms with Crippen molar-refractivity contribution in [1.82, 2.24) is 9.55 Å². The van der Waals surface area contributed by atoms with Crippen molar-refractivity contribution in [2.24, 2.45) is 5.92 Å². The summed E-state index contributed by atoms with van der Waals surface area (Å²) in [5.41, 5.74) is 1.92. The molecule has 112 valence electrons. The number of rotatable bonds is 4. The Hall–Kier alpha value is -2.04.